The molecule has 3 rings (SSSR count). The van der Waals surface area contributed by atoms with Crippen LogP contribution in [0.25, 0.3) is 0 Å². The van der Waals surface area contributed by atoms with Gasteiger partial charge in [-0.3, -0.25) is 4.79 Å². The van der Waals surface area contributed by atoms with Gasteiger partial charge in [0.15, 0.2) is 0 Å². The zero-order chi connectivity index (χ0) is 17.6. The van der Waals surface area contributed by atoms with Gasteiger partial charge < -0.3 is 5.32 Å². The van der Waals surface area contributed by atoms with Crippen molar-refractivity contribution in [2.45, 2.75) is 30.1 Å². The highest BCUT2D eigenvalue weighted by Crippen LogP contribution is 2.29. The Bertz CT molecular complexity index is 857. The molecular formula is C22H21NOS. The van der Waals surface area contributed by atoms with Crippen molar-refractivity contribution in [3.8, 4) is 0 Å². The van der Waals surface area contributed by atoms with Crippen molar-refractivity contribution < 1.29 is 4.79 Å². The number of rotatable bonds is 5. The molecule has 2 nitrogen and oxygen atoms in total. The van der Waals surface area contributed by atoms with Gasteiger partial charge in [0, 0.05) is 15.5 Å². The average molecular weight is 347 g/mol. The third-order valence-electron chi connectivity index (χ3n) is 4.06. The fourth-order valence-electron chi connectivity index (χ4n) is 2.51. The summed E-state index contributed by atoms with van der Waals surface area (Å²) in [4.78, 5) is 14.5. The van der Waals surface area contributed by atoms with Crippen LogP contribution in [0.2, 0.25) is 0 Å². The fourth-order valence-corrected chi connectivity index (χ4v) is 3.42. The number of hydrogen-bond donors (Lipinski definition) is 1. The van der Waals surface area contributed by atoms with Crippen molar-refractivity contribution in [2.75, 3.05) is 5.32 Å². The first-order valence-electron chi connectivity index (χ1n) is 8.29. The van der Waals surface area contributed by atoms with Crippen LogP contribution < -0.4 is 5.32 Å². The molecule has 0 saturated heterocycles. The molecule has 0 atom stereocenters. The molecule has 1 amide bonds. The molecule has 0 aliphatic rings. The van der Waals surface area contributed by atoms with Crippen LogP contribution in [0, 0.1) is 13.8 Å². The summed E-state index contributed by atoms with van der Waals surface area (Å²) in [5.74, 6) is 0.000706. The summed E-state index contributed by atoms with van der Waals surface area (Å²) in [7, 11) is 0. The summed E-state index contributed by atoms with van der Waals surface area (Å²) in [6, 6.07) is 24.2. The molecular weight excluding hydrogens is 326 g/mol. The van der Waals surface area contributed by atoms with Crippen molar-refractivity contribution in [3.63, 3.8) is 0 Å². The smallest absolute Gasteiger partial charge is 0.228 e. The number of amides is 1. The van der Waals surface area contributed by atoms with Crippen molar-refractivity contribution in [3.05, 3.63) is 89.5 Å². The molecule has 0 unspecified atom stereocenters. The minimum Gasteiger partial charge on any atom is -0.326 e. The Labute approximate surface area is 153 Å². The molecule has 25 heavy (non-hydrogen) atoms. The van der Waals surface area contributed by atoms with Crippen LogP contribution in [-0.2, 0) is 11.2 Å². The normalized spacial score (nSPS) is 10.5. The molecule has 0 saturated carbocycles. The van der Waals surface area contributed by atoms with Gasteiger partial charge in [0.1, 0.15) is 0 Å². The molecule has 0 bridgehead atoms. The van der Waals surface area contributed by atoms with E-state index in [0.717, 1.165) is 16.1 Å². The van der Waals surface area contributed by atoms with Gasteiger partial charge in [-0.05, 0) is 66.9 Å². The minimum absolute atomic E-state index is 0.000706. The molecule has 0 heterocycles. The lowest BCUT2D eigenvalue weighted by atomic mass is 10.1. The van der Waals surface area contributed by atoms with Crippen molar-refractivity contribution in [1.29, 1.82) is 0 Å². The van der Waals surface area contributed by atoms with Gasteiger partial charge in [0.05, 0.1) is 6.42 Å². The van der Waals surface area contributed by atoms with E-state index in [4.69, 9.17) is 0 Å². The quantitative estimate of drug-likeness (QED) is 0.647. The molecule has 0 radical (unpaired) electrons. The second-order valence-electron chi connectivity index (χ2n) is 6.08. The van der Waals surface area contributed by atoms with Crippen LogP contribution in [0.4, 0.5) is 5.69 Å². The molecule has 0 aromatic heterocycles. The molecule has 0 aliphatic carbocycles. The summed E-state index contributed by atoms with van der Waals surface area (Å²) in [5, 5.41) is 2.95. The maximum Gasteiger partial charge on any atom is 0.228 e. The van der Waals surface area contributed by atoms with Crippen molar-refractivity contribution in [1.82, 2.24) is 0 Å². The van der Waals surface area contributed by atoms with Crippen LogP contribution in [0.5, 0.6) is 0 Å². The van der Waals surface area contributed by atoms with Gasteiger partial charge in [-0.25, -0.2) is 0 Å². The van der Waals surface area contributed by atoms with Crippen molar-refractivity contribution in [2.24, 2.45) is 0 Å². The number of carbonyl (C=O) groups excluding carboxylic acids is 1. The van der Waals surface area contributed by atoms with Gasteiger partial charge in [0.25, 0.3) is 0 Å². The number of benzene rings is 3. The van der Waals surface area contributed by atoms with E-state index in [0.29, 0.717) is 6.42 Å². The summed E-state index contributed by atoms with van der Waals surface area (Å²) >= 11 is 1.73. The standard InChI is InChI=1S/C22H21NOS/c1-16-8-11-21(14-17(16)2)25-20-12-9-19(10-13-20)23-22(24)15-18-6-4-3-5-7-18/h3-14H,15H2,1-2H3,(H,23,24). The van der Waals surface area contributed by atoms with Crippen LogP contribution in [-0.4, -0.2) is 5.91 Å². The van der Waals surface area contributed by atoms with E-state index in [2.05, 4.69) is 37.4 Å². The van der Waals surface area contributed by atoms with E-state index >= 15 is 0 Å². The molecule has 3 heteroatoms. The Morgan fingerprint density at radius 2 is 1.52 bits per heavy atom. The summed E-state index contributed by atoms with van der Waals surface area (Å²) in [5.41, 5.74) is 4.45. The van der Waals surface area contributed by atoms with E-state index < -0.39 is 0 Å². The van der Waals surface area contributed by atoms with Crippen molar-refractivity contribution >= 4 is 23.4 Å². The van der Waals surface area contributed by atoms with Gasteiger partial charge in [-0.15, -0.1) is 0 Å². The largest absolute Gasteiger partial charge is 0.326 e. The highest BCUT2D eigenvalue weighted by Gasteiger charge is 2.05. The Morgan fingerprint density at radius 3 is 2.20 bits per heavy atom. The minimum atomic E-state index is 0.000706. The molecule has 0 fully saturated rings. The first kappa shape index (κ1) is 17.3. The third kappa shape index (κ3) is 4.97. The van der Waals surface area contributed by atoms with E-state index in [-0.39, 0.29) is 5.91 Å². The van der Waals surface area contributed by atoms with Gasteiger partial charge in [-0.2, -0.15) is 0 Å². The second-order valence-corrected chi connectivity index (χ2v) is 7.23. The maximum absolute atomic E-state index is 12.1. The molecule has 0 spiro atoms. The Balaban J connectivity index is 1.60. The maximum atomic E-state index is 12.1. The highest BCUT2D eigenvalue weighted by atomic mass is 32.2. The lowest BCUT2D eigenvalue weighted by Gasteiger charge is -2.08. The molecule has 3 aromatic rings. The monoisotopic (exact) mass is 347 g/mol. The van der Waals surface area contributed by atoms with E-state index in [1.54, 1.807) is 11.8 Å². The van der Waals surface area contributed by atoms with E-state index in [9.17, 15) is 4.79 Å². The Kier molecular flexibility index (Phi) is 5.56. The predicted octanol–water partition coefficient (Wildman–Crippen LogP) is 5.64. The number of aryl methyl sites for hydroxylation is 2. The topological polar surface area (TPSA) is 29.1 Å². The number of hydrogen-bond acceptors (Lipinski definition) is 2. The van der Waals surface area contributed by atoms with Gasteiger partial charge in [0.2, 0.25) is 5.91 Å². The zero-order valence-electron chi connectivity index (χ0n) is 14.5. The average Bonchev–Trinajstić information content (AvgIpc) is 2.61. The van der Waals surface area contributed by atoms with Crippen LogP contribution in [0.15, 0.2) is 82.6 Å². The molecule has 3 aromatic carbocycles. The molecule has 0 aliphatic heterocycles. The molecule has 126 valence electrons. The van der Waals surface area contributed by atoms with Crippen LogP contribution in [0.3, 0.4) is 0 Å². The fraction of sp³-hybridized carbons (Fsp3) is 0.136. The summed E-state index contributed by atoms with van der Waals surface area (Å²) < 4.78 is 0. The first-order valence-corrected chi connectivity index (χ1v) is 9.11. The zero-order valence-corrected chi connectivity index (χ0v) is 15.3. The predicted molar refractivity (Wildman–Crippen MR) is 105 cm³/mol. The highest BCUT2D eigenvalue weighted by molar-refractivity contribution is 7.99. The van der Waals surface area contributed by atoms with E-state index in [1.807, 2.05) is 54.6 Å². The van der Waals surface area contributed by atoms with E-state index in [1.165, 1.54) is 16.0 Å². The van der Waals surface area contributed by atoms with Gasteiger partial charge in [-0.1, -0.05) is 48.2 Å². The second kappa shape index (κ2) is 8.04. The SMILES string of the molecule is Cc1ccc(Sc2ccc(NC(=O)Cc3ccccc3)cc2)cc1C. The number of nitrogens with one attached hydrogen (secondary N) is 1. The lowest BCUT2D eigenvalue weighted by molar-refractivity contribution is -0.115. The number of anilines is 1. The van der Waals surface area contributed by atoms with Crippen LogP contribution >= 0.6 is 11.8 Å². The van der Waals surface area contributed by atoms with Gasteiger partial charge >= 0.3 is 0 Å². The molecule has 1 N–H and O–H groups in total. The van der Waals surface area contributed by atoms with Crippen LogP contribution in [0.1, 0.15) is 16.7 Å². The Morgan fingerprint density at radius 1 is 0.840 bits per heavy atom. The third-order valence-corrected chi connectivity index (χ3v) is 5.06. The summed E-state index contributed by atoms with van der Waals surface area (Å²) in [6.45, 7) is 4.25. The number of carbonyl (C=O) groups is 1. The lowest BCUT2D eigenvalue weighted by Crippen LogP contribution is -2.14. The first-order chi connectivity index (χ1) is 12.1. The Hall–Kier alpha value is -2.52. The summed E-state index contributed by atoms with van der Waals surface area (Å²) in [6.07, 6.45) is 0.389.